The Morgan fingerprint density at radius 1 is 1.30 bits per heavy atom. The molecule has 0 saturated carbocycles. The van der Waals surface area contributed by atoms with Crippen molar-refractivity contribution in [3.63, 3.8) is 0 Å². The first-order valence-corrected chi connectivity index (χ1v) is 6.11. The highest BCUT2D eigenvalue weighted by Crippen LogP contribution is 2.19. The van der Waals surface area contributed by atoms with Crippen LogP contribution in [0.1, 0.15) is 10.4 Å². The second-order valence-corrected chi connectivity index (χ2v) is 4.59. The van der Waals surface area contributed by atoms with Crippen molar-refractivity contribution < 1.29 is 9.18 Å². The van der Waals surface area contributed by atoms with E-state index in [9.17, 15) is 9.18 Å². The average molecular weight is 295 g/mol. The minimum atomic E-state index is -0.463. The lowest BCUT2D eigenvalue weighted by molar-refractivity contribution is 0.102. The van der Waals surface area contributed by atoms with Crippen molar-refractivity contribution in [1.29, 1.82) is 0 Å². The number of anilines is 2. The Balaban J connectivity index is 2.17. The molecular formula is C13H12ClFN4O. The number of hydrogen-bond donors (Lipinski definition) is 1. The maximum Gasteiger partial charge on any atom is 0.255 e. The van der Waals surface area contributed by atoms with Crippen LogP contribution in [0.2, 0.25) is 5.28 Å². The van der Waals surface area contributed by atoms with Crippen LogP contribution in [0.15, 0.2) is 30.6 Å². The number of nitrogens with zero attached hydrogens (tertiary/aromatic N) is 3. The number of nitrogens with one attached hydrogen (secondary N) is 1. The Labute approximate surface area is 120 Å². The van der Waals surface area contributed by atoms with Crippen LogP contribution in [0, 0.1) is 5.82 Å². The first-order valence-electron chi connectivity index (χ1n) is 5.73. The van der Waals surface area contributed by atoms with Gasteiger partial charge in [-0.2, -0.15) is 0 Å². The van der Waals surface area contributed by atoms with Crippen molar-refractivity contribution in [3.05, 3.63) is 47.3 Å². The molecule has 0 bridgehead atoms. The van der Waals surface area contributed by atoms with Crippen LogP contribution in [0.25, 0.3) is 0 Å². The molecule has 2 rings (SSSR count). The fourth-order valence-corrected chi connectivity index (χ4v) is 1.69. The van der Waals surface area contributed by atoms with Crippen LogP contribution in [-0.4, -0.2) is 30.0 Å². The van der Waals surface area contributed by atoms with E-state index in [2.05, 4.69) is 15.3 Å². The van der Waals surface area contributed by atoms with Gasteiger partial charge in [-0.1, -0.05) is 0 Å². The molecule has 0 spiro atoms. The van der Waals surface area contributed by atoms with Gasteiger partial charge in [0.1, 0.15) is 5.82 Å². The highest BCUT2D eigenvalue weighted by atomic mass is 35.5. The first-order chi connectivity index (χ1) is 9.47. The summed E-state index contributed by atoms with van der Waals surface area (Å²) in [6.45, 7) is 0. The van der Waals surface area contributed by atoms with Crippen molar-refractivity contribution in [3.8, 4) is 0 Å². The molecule has 0 saturated heterocycles. The second kappa shape index (κ2) is 5.83. The number of amides is 1. The molecular weight excluding hydrogens is 283 g/mol. The molecule has 7 heteroatoms. The lowest BCUT2D eigenvalue weighted by atomic mass is 10.1. The minimum absolute atomic E-state index is 0.0874. The normalized spacial score (nSPS) is 10.2. The fourth-order valence-electron chi connectivity index (χ4n) is 1.59. The van der Waals surface area contributed by atoms with E-state index in [1.165, 1.54) is 18.5 Å². The molecule has 1 amide bonds. The van der Waals surface area contributed by atoms with Crippen LogP contribution in [0.5, 0.6) is 0 Å². The van der Waals surface area contributed by atoms with Gasteiger partial charge < -0.3 is 10.2 Å². The Bertz CT molecular complexity index is 631. The van der Waals surface area contributed by atoms with Crippen LogP contribution in [0.4, 0.5) is 15.8 Å². The molecule has 2 aromatic rings. The number of hydrogen-bond acceptors (Lipinski definition) is 4. The van der Waals surface area contributed by atoms with Gasteiger partial charge in [-0.05, 0) is 29.8 Å². The SMILES string of the molecule is CN(C)c1ccc(C(=O)Nc2cnc(Cl)nc2)cc1F. The van der Waals surface area contributed by atoms with Gasteiger partial charge in [0.15, 0.2) is 0 Å². The number of benzene rings is 1. The van der Waals surface area contributed by atoms with Crippen LogP contribution in [-0.2, 0) is 0 Å². The van der Waals surface area contributed by atoms with E-state index < -0.39 is 11.7 Å². The summed E-state index contributed by atoms with van der Waals surface area (Å²) in [6.07, 6.45) is 2.75. The van der Waals surface area contributed by atoms with E-state index in [-0.39, 0.29) is 10.8 Å². The minimum Gasteiger partial charge on any atom is -0.375 e. The zero-order chi connectivity index (χ0) is 14.7. The Kier molecular flexibility index (Phi) is 4.14. The molecule has 104 valence electrons. The molecule has 0 aliphatic rings. The maximum absolute atomic E-state index is 13.8. The van der Waals surface area contributed by atoms with Crippen molar-refractivity contribution in [2.45, 2.75) is 0 Å². The maximum atomic E-state index is 13.8. The largest absolute Gasteiger partial charge is 0.375 e. The zero-order valence-electron chi connectivity index (χ0n) is 10.9. The summed E-state index contributed by atoms with van der Waals surface area (Å²) in [6, 6.07) is 4.27. The molecule has 0 unspecified atom stereocenters. The highest BCUT2D eigenvalue weighted by Gasteiger charge is 2.11. The summed E-state index contributed by atoms with van der Waals surface area (Å²) < 4.78 is 13.8. The second-order valence-electron chi connectivity index (χ2n) is 4.26. The zero-order valence-corrected chi connectivity index (χ0v) is 11.6. The summed E-state index contributed by atoms with van der Waals surface area (Å²) >= 11 is 5.54. The van der Waals surface area contributed by atoms with Crippen LogP contribution >= 0.6 is 11.6 Å². The molecule has 20 heavy (non-hydrogen) atoms. The van der Waals surface area contributed by atoms with Crippen molar-refractivity contribution in [1.82, 2.24) is 9.97 Å². The molecule has 1 heterocycles. The predicted octanol–water partition coefficient (Wildman–Crippen LogP) is 2.59. The van der Waals surface area contributed by atoms with Gasteiger partial charge in [0, 0.05) is 19.7 Å². The third kappa shape index (κ3) is 3.21. The number of carbonyl (C=O) groups excluding carboxylic acids is 1. The first kappa shape index (κ1) is 14.2. The number of carbonyl (C=O) groups is 1. The summed E-state index contributed by atoms with van der Waals surface area (Å²) in [7, 11) is 3.45. The Hall–Kier alpha value is -2.21. The molecule has 1 aromatic carbocycles. The Morgan fingerprint density at radius 3 is 2.50 bits per heavy atom. The summed E-state index contributed by atoms with van der Waals surface area (Å²) in [4.78, 5) is 21.1. The Morgan fingerprint density at radius 2 is 1.95 bits per heavy atom. The van der Waals surface area contributed by atoms with Crippen molar-refractivity contribution in [2.75, 3.05) is 24.3 Å². The molecule has 1 N–H and O–H groups in total. The van der Waals surface area contributed by atoms with E-state index in [1.807, 2.05) is 0 Å². The summed E-state index contributed by atoms with van der Waals surface area (Å²) in [5.41, 5.74) is 1.01. The lowest BCUT2D eigenvalue weighted by Crippen LogP contribution is -2.15. The third-order valence-electron chi connectivity index (χ3n) is 2.57. The summed E-state index contributed by atoms with van der Waals surface area (Å²) in [5.74, 6) is -0.907. The molecule has 0 atom stereocenters. The molecule has 5 nitrogen and oxygen atoms in total. The topological polar surface area (TPSA) is 58.1 Å². The summed E-state index contributed by atoms with van der Waals surface area (Å²) in [5, 5.41) is 2.65. The number of aromatic nitrogens is 2. The van der Waals surface area contributed by atoms with E-state index in [1.54, 1.807) is 31.1 Å². The molecule has 0 radical (unpaired) electrons. The van der Waals surface area contributed by atoms with Gasteiger partial charge in [-0.15, -0.1) is 0 Å². The van der Waals surface area contributed by atoms with Gasteiger partial charge >= 0.3 is 0 Å². The van der Waals surface area contributed by atoms with Crippen molar-refractivity contribution >= 4 is 28.9 Å². The van der Waals surface area contributed by atoms with Gasteiger partial charge in [-0.3, -0.25) is 4.79 Å². The molecule has 0 aliphatic heterocycles. The van der Waals surface area contributed by atoms with E-state index >= 15 is 0 Å². The standard InChI is InChI=1S/C13H12ClFN4O/c1-19(2)11-4-3-8(5-10(11)15)12(20)18-9-6-16-13(14)17-7-9/h3-7H,1-2H3,(H,18,20). The van der Waals surface area contributed by atoms with E-state index in [4.69, 9.17) is 11.6 Å². The molecule has 1 aromatic heterocycles. The number of rotatable bonds is 3. The van der Waals surface area contributed by atoms with Gasteiger partial charge in [0.2, 0.25) is 5.28 Å². The molecule has 0 aliphatic carbocycles. The quantitative estimate of drug-likeness (QED) is 0.884. The predicted molar refractivity (Wildman–Crippen MR) is 75.7 cm³/mol. The highest BCUT2D eigenvalue weighted by molar-refractivity contribution is 6.28. The van der Waals surface area contributed by atoms with Gasteiger partial charge in [0.25, 0.3) is 5.91 Å². The fraction of sp³-hybridized carbons (Fsp3) is 0.154. The van der Waals surface area contributed by atoms with Gasteiger partial charge in [0.05, 0.1) is 23.8 Å². The van der Waals surface area contributed by atoms with E-state index in [0.717, 1.165) is 0 Å². The monoisotopic (exact) mass is 294 g/mol. The lowest BCUT2D eigenvalue weighted by Gasteiger charge is -2.14. The van der Waals surface area contributed by atoms with Crippen LogP contribution < -0.4 is 10.2 Å². The smallest absolute Gasteiger partial charge is 0.255 e. The number of halogens is 2. The average Bonchev–Trinajstić information content (AvgIpc) is 2.40. The van der Waals surface area contributed by atoms with Gasteiger partial charge in [-0.25, -0.2) is 14.4 Å². The third-order valence-corrected chi connectivity index (χ3v) is 2.77. The van der Waals surface area contributed by atoms with E-state index in [0.29, 0.717) is 11.4 Å². The molecule has 0 fully saturated rings. The van der Waals surface area contributed by atoms with Crippen LogP contribution in [0.3, 0.4) is 0 Å². The van der Waals surface area contributed by atoms with Crippen molar-refractivity contribution in [2.24, 2.45) is 0 Å².